The van der Waals surface area contributed by atoms with Gasteiger partial charge in [-0.2, -0.15) is 0 Å². The van der Waals surface area contributed by atoms with Crippen LogP contribution in [0.1, 0.15) is 31.4 Å². The predicted octanol–water partition coefficient (Wildman–Crippen LogP) is 4.04. The maximum Gasteiger partial charge on any atom is 0.234 e. The van der Waals surface area contributed by atoms with Crippen molar-refractivity contribution >= 4 is 28.5 Å². The predicted molar refractivity (Wildman–Crippen MR) is 114 cm³/mol. The van der Waals surface area contributed by atoms with Gasteiger partial charge in [0.15, 0.2) is 0 Å². The van der Waals surface area contributed by atoms with E-state index in [9.17, 15) is 9.18 Å². The third-order valence-electron chi connectivity index (χ3n) is 4.17. The lowest BCUT2D eigenvalue weighted by Gasteiger charge is -2.18. The molecule has 3 N–H and O–H groups in total. The van der Waals surface area contributed by atoms with Crippen LogP contribution in [0.4, 0.5) is 4.39 Å². The Bertz CT molecular complexity index is 750. The Morgan fingerprint density at radius 2 is 1.93 bits per heavy atom. The average molecular weight is 484 g/mol. The van der Waals surface area contributed by atoms with Crippen molar-refractivity contribution in [3.63, 3.8) is 0 Å². The van der Waals surface area contributed by atoms with E-state index in [1.54, 1.807) is 12.1 Å². The maximum absolute atomic E-state index is 13.0. The van der Waals surface area contributed by atoms with Crippen molar-refractivity contribution in [3.05, 3.63) is 63.0 Å². The van der Waals surface area contributed by atoms with Gasteiger partial charge in [0, 0.05) is 3.57 Å². The Morgan fingerprint density at radius 1 is 1.22 bits per heavy atom. The fourth-order valence-electron chi connectivity index (χ4n) is 2.73. The Morgan fingerprint density at radius 3 is 2.56 bits per heavy atom. The molecular formula is C21H26FIN2O2. The number of halogens is 2. The highest BCUT2D eigenvalue weighted by molar-refractivity contribution is 14.1. The fourth-order valence-corrected chi connectivity index (χ4v) is 3.34. The SMILES string of the molecule is CC(C)CC(NCCc1cc(OCc2ccc(F)cc2)ccc1I)C(N)=O. The minimum absolute atomic E-state index is 0.255. The third-order valence-corrected chi connectivity index (χ3v) is 5.22. The average Bonchev–Trinajstić information content (AvgIpc) is 2.62. The summed E-state index contributed by atoms with van der Waals surface area (Å²) in [6.45, 7) is 5.19. The van der Waals surface area contributed by atoms with Crippen molar-refractivity contribution in [1.82, 2.24) is 5.32 Å². The molecule has 2 rings (SSSR count). The van der Waals surface area contributed by atoms with Gasteiger partial charge in [-0.05, 0) is 89.4 Å². The van der Waals surface area contributed by atoms with E-state index in [2.05, 4.69) is 41.8 Å². The van der Waals surface area contributed by atoms with Crippen molar-refractivity contribution in [2.24, 2.45) is 11.7 Å². The summed E-state index contributed by atoms with van der Waals surface area (Å²) in [4.78, 5) is 11.6. The molecule has 6 heteroatoms. The largest absolute Gasteiger partial charge is 0.489 e. The molecule has 0 saturated carbocycles. The van der Waals surface area contributed by atoms with Gasteiger partial charge >= 0.3 is 0 Å². The van der Waals surface area contributed by atoms with Gasteiger partial charge in [-0.3, -0.25) is 4.79 Å². The van der Waals surface area contributed by atoms with Gasteiger partial charge < -0.3 is 15.8 Å². The van der Waals surface area contributed by atoms with Crippen LogP contribution in [0.15, 0.2) is 42.5 Å². The summed E-state index contributed by atoms with van der Waals surface area (Å²) in [7, 11) is 0. The van der Waals surface area contributed by atoms with Gasteiger partial charge in [0.1, 0.15) is 18.2 Å². The number of benzene rings is 2. The molecular weight excluding hydrogens is 458 g/mol. The monoisotopic (exact) mass is 484 g/mol. The first kappa shape index (κ1) is 21.6. The molecule has 4 nitrogen and oxygen atoms in total. The third kappa shape index (κ3) is 7.46. The van der Waals surface area contributed by atoms with Crippen molar-refractivity contribution < 1.29 is 13.9 Å². The number of ether oxygens (including phenoxy) is 1. The van der Waals surface area contributed by atoms with Crippen LogP contribution in [-0.4, -0.2) is 18.5 Å². The number of rotatable bonds is 10. The van der Waals surface area contributed by atoms with Gasteiger partial charge in [0.2, 0.25) is 5.91 Å². The van der Waals surface area contributed by atoms with Gasteiger partial charge in [0.05, 0.1) is 6.04 Å². The molecule has 1 amide bonds. The molecule has 0 saturated heterocycles. The highest BCUT2D eigenvalue weighted by atomic mass is 127. The van der Waals surface area contributed by atoms with Crippen LogP contribution in [0.3, 0.4) is 0 Å². The molecule has 0 radical (unpaired) electrons. The summed E-state index contributed by atoms with van der Waals surface area (Å²) in [5.74, 6) is 0.603. The normalized spacial score (nSPS) is 12.2. The Kier molecular flexibility index (Phi) is 8.50. The fraction of sp³-hybridized carbons (Fsp3) is 0.381. The van der Waals surface area contributed by atoms with Crippen LogP contribution in [0, 0.1) is 15.3 Å². The highest BCUT2D eigenvalue weighted by Crippen LogP contribution is 2.21. The summed E-state index contributed by atoms with van der Waals surface area (Å²) in [5.41, 5.74) is 7.54. The zero-order valence-electron chi connectivity index (χ0n) is 15.7. The van der Waals surface area contributed by atoms with Crippen LogP contribution >= 0.6 is 22.6 Å². The number of hydrogen-bond acceptors (Lipinski definition) is 3. The van der Waals surface area contributed by atoms with E-state index in [1.165, 1.54) is 12.1 Å². The van der Waals surface area contributed by atoms with Gasteiger partial charge in [-0.1, -0.05) is 26.0 Å². The van der Waals surface area contributed by atoms with E-state index in [4.69, 9.17) is 10.5 Å². The molecule has 0 aliphatic rings. The van der Waals surface area contributed by atoms with E-state index in [1.807, 2.05) is 18.2 Å². The molecule has 0 spiro atoms. The number of amides is 1. The topological polar surface area (TPSA) is 64.3 Å². The number of hydrogen-bond donors (Lipinski definition) is 2. The van der Waals surface area contributed by atoms with Crippen LogP contribution in [0.25, 0.3) is 0 Å². The van der Waals surface area contributed by atoms with Crippen molar-refractivity contribution in [2.75, 3.05) is 6.54 Å². The Hall–Kier alpha value is -1.67. The van der Waals surface area contributed by atoms with Gasteiger partial charge in [-0.15, -0.1) is 0 Å². The highest BCUT2D eigenvalue weighted by Gasteiger charge is 2.16. The van der Waals surface area contributed by atoms with Crippen LogP contribution in [0.5, 0.6) is 5.75 Å². The zero-order valence-corrected chi connectivity index (χ0v) is 17.8. The number of nitrogens with one attached hydrogen (secondary N) is 1. The first-order chi connectivity index (χ1) is 12.8. The lowest BCUT2D eigenvalue weighted by atomic mass is 10.0. The van der Waals surface area contributed by atoms with E-state index in [0.29, 0.717) is 19.1 Å². The Balaban J connectivity index is 1.92. The molecule has 0 aromatic heterocycles. The summed E-state index contributed by atoms with van der Waals surface area (Å²) in [6, 6.07) is 11.9. The van der Waals surface area contributed by atoms with Crippen LogP contribution < -0.4 is 15.8 Å². The smallest absolute Gasteiger partial charge is 0.234 e. The summed E-state index contributed by atoms with van der Waals surface area (Å²) >= 11 is 2.29. The molecule has 2 aromatic rings. The molecule has 0 heterocycles. The van der Waals surface area contributed by atoms with E-state index < -0.39 is 0 Å². The maximum atomic E-state index is 13.0. The molecule has 146 valence electrons. The molecule has 0 aliphatic heterocycles. The molecule has 0 aliphatic carbocycles. The molecule has 0 bridgehead atoms. The quantitative estimate of drug-likeness (QED) is 0.501. The molecule has 2 aromatic carbocycles. The summed E-state index contributed by atoms with van der Waals surface area (Å²) in [5, 5.41) is 3.25. The summed E-state index contributed by atoms with van der Waals surface area (Å²) in [6.07, 6.45) is 1.50. The molecule has 1 atom stereocenters. The van der Waals surface area contributed by atoms with Crippen molar-refractivity contribution in [2.45, 2.75) is 39.3 Å². The van der Waals surface area contributed by atoms with E-state index in [-0.39, 0.29) is 17.8 Å². The van der Waals surface area contributed by atoms with Crippen molar-refractivity contribution in [1.29, 1.82) is 0 Å². The molecule has 27 heavy (non-hydrogen) atoms. The number of carbonyl (C=O) groups is 1. The second kappa shape index (κ2) is 10.6. The number of carbonyl (C=O) groups excluding carboxylic acids is 1. The van der Waals surface area contributed by atoms with Crippen molar-refractivity contribution in [3.8, 4) is 5.75 Å². The second-order valence-electron chi connectivity index (χ2n) is 6.96. The standard InChI is InChI=1S/C21H26FIN2O2/c1-14(2)11-20(21(24)26)25-10-9-16-12-18(7-8-19(16)23)27-13-15-3-5-17(22)6-4-15/h3-8,12,14,20,25H,9-11,13H2,1-2H3,(H2,24,26). The van der Waals surface area contributed by atoms with E-state index in [0.717, 1.165) is 33.3 Å². The van der Waals surface area contributed by atoms with E-state index >= 15 is 0 Å². The number of primary amides is 1. The zero-order chi connectivity index (χ0) is 19.8. The van der Waals surface area contributed by atoms with Gasteiger partial charge in [0.25, 0.3) is 0 Å². The minimum atomic E-state index is -0.310. The Labute approximate surface area is 173 Å². The van der Waals surface area contributed by atoms with Crippen LogP contribution in [-0.2, 0) is 17.8 Å². The first-order valence-electron chi connectivity index (χ1n) is 9.03. The lowest BCUT2D eigenvalue weighted by molar-refractivity contribution is -0.120. The van der Waals surface area contributed by atoms with Crippen LogP contribution in [0.2, 0.25) is 0 Å². The molecule has 1 unspecified atom stereocenters. The number of nitrogens with two attached hydrogens (primary N) is 1. The minimum Gasteiger partial charge on any atom is -0.489 e. The lowest BCUT2D eigenvalue weighted by Crippen LogP contribution is -2.43. The van der Waals surface area contributed by atoms with Gasteiger partial charge in [-0.25, -0.2) is 4.39 Å². The first-order valence-corrected chi connectivity index (χ1v) is 10.1. The summed E-state index contributed by atoms with van der Waals surface area (Å²) < 4.78 is 19.9. The molecule has 0 fully saturated rings. The second-order valence-corrected chi connectivity index (χ2v) is 8.12.